The van der Waals surface area contributed by atoms with Crippen molar-refractivity contribution in [2.24, 2.45) is 0 Å². The van der Waals surface area contributed by atoms with Crippen molar-refractivity contribution in [1.82, 2.24) is 4.98 Å². The van der Waals surface area contributed by atoms with Crippen LogP contribution < -0.4 is 5.32 Å². The van der Waals surface area contributed by atoms with Gasteiger partial charge in [0, 0.05) is 17.5 Å². The van der Waals surface area contributed by atoms with Crippen LogP contribution in [-0.2, 0) is 6.18 Å². The van der Waals surface area contributed by atoms with Gasteiger partial charge in [0.25, 0.3) is 0 Å². The zero-order valence-electron chi connectivity index (χ0n) is 9.27. The quantitative estimate of drug-likeness (QED) is 0.824. The normalized spacial score (nSPS) is 12.6. The molecule has 0 aromatic carbocycles. The van der Waals surface area contributed by atoms with Gasteiger partial charge in [0.1, 0.15) is 5.82 Å². The van der Waals surface area contributed by atoms with Crippen LogP contribution in [-0.4, -0.2) is 16.3 Å². The number of pyridine rings is 1. The first kappa shape index (κ1) is 14.4. The molecule has 0 saturated carbocycles. The van der Waals surface area contributed by atoms with Crippen molar-refractivity contribution in [2.75, 3.05) is 11.9 Å². The van der Waals surface area contributed by atoms with E-state index in [1.54, 1.807) is 0 Å². The maximum Gasteiger partial charge on any atom is 0.417 e. The highest BCUT2D eigenvalue weighted by atomic mass is 35.5. The fourth-order valence-corrected chi connectivity index (χ4v) is 1.34. The maximum absolute atomic E-state index is 12.3. The van der Waals surface area contributed by atoms with Crippen LogP contribution in [0.4, 0.5) is 19.0 Å². The van der Waals surface area contributed by atoms with Crippen molar-refractivity contribution in [3.05, 3.63) is 22.8 Å². The molecule has 1 aromatic heterocycles. The van der Waals surface area contributed by atoms with E-state index in [2.05, 4.69) is 22.9 Å². The van der Waals surface area contributed by atoms with E-state index >= 15 is 0 Å². The fraction of sp³-hybridized carbons (Fsp3) is 0.500. The van der Waals surface area contributed by atoms with Gasteiger partial charge in [0.2, 0.25) is 0 Å². The van der Waals surface area contributed by atoms with Crippen molar-refractivity contribution in [3.8, 4) is 0 Å². The molecule has 2 nitrogen and oxygen atoms in total. The molecule has 7 heteroatoms. The molecule has 1 rings (SSSR count). The number of hydrogen-bond donors (Lipinski definition) is 2. The number of hydrogen-bond acceptors (Lipinski definition) is 3. The van der Waals surface area contributed by atoms with E-state index in [1.807, 2.05) is 13.8 Å². The van der Waals surface area contributed by atoms with Gasteiger partial charge in [-0.1, -0.05) is 11.6 Å². The number of nitrogens with one attached hydrogen (secondary N) is 1. The van der Waals surface area contributed by atoms with Gasteiger partial charge in [-0.25, -0.2) is 4.98 Å². The summed E-state index contributed by atoms with van der Waals surface area (Å²) < 4.78 is 36.7. The van der Waals surface area contributed by atoms with Crippen LogP contribution >= 0.6 is 24.2 Å². The van der Waals surface area contributed by atoms with Gasteiger partial charge in [-0.2, -0.15) is 25.8 Å². The van der Waals surface area contributed by atoms with Crippen LogP contribution in [0.1, 0.15) is 19.4 Å². The number of halogens is 4. The van der Waals surface area contributed by atoms with E-state index in [4.69, 9.17) is 11.6 Å². The summed E-state index contributed by atoms with van der Waals surface area (Å²) in [6, 6.07) is 0.850. The molecule has 0 atom stereocenters. The first-order valence-electron chi connectivity index (χ1n) is 4.78. The Morgan fingerprint density at radius 1 is 1.41 bits per heavy atom. The Kier molecular flexibility index (Phi) is 4.19. The Morgan fingerprint density at radius 3 is 2.41 bits per heavy atom. The lowest BCUT2D eigenvalue weighted by atomic mass is 10.2. The SMILES string of the molecule is CC(C)(S)CNc1ncc(C(F)(F)F)cc1Cl. The smallest absolute Gasteiger partial charge is 0.367 e. The molecule has 0 unspecified atom stereocenters. The number of rotatable bonds is 3. The second kappa shape index (κ2) is 4.94. The minimum absolute atomic E-state index is 0.0580. The monoisotopic (exact) mass is 284 g/mol. The second-order valence-electron chi connectivity index (χ2n) is 4.22. The molecule has 0 aliphatic rings. The Morgan fingerprint density at radius 2 is 2.00 bits per heavy atom. The lowest BCUT2D eigenvalue weighted by Crippen LogP contribution is -2.24. The van der Waals surface area contributed by atoms with Crippen molar-refractivity contribution in [1.29, 1.82) is 0 Å². The molecule has 1 aromatic rings. The van der Waals surface area contributed by atoms with Gasteiger partial charge in [0.05, 0.1) is 10.6 Å². The molecule has 0 spiro atoms. The summed E-state index contributed by atoms with van der Waals surface area (Å²) in [6.07, 6.45) is -3.68. The van der Waals surface area contributed by atoms with E-state index in [9.17, 15) is 13.2 Å². The maximum atomic E-state index is 12.3. The molecule has 0 radical (unpaired) electrons. The summed E-state index contributed by atoms with van der Waals surface area (Å²) >= 11 is 9.99. The van der Waals surface area contributed by atoms with Crippen molar-refractivity contribution < 1.29 is 13.2 Å². The van der Waals surface area contributed by atoms with Crippen LogP contribution in [0.2, 0.25) is 5.02 Å². The molecule has 0 aliphatic carbocycles. The summed E-state index contributed by atoms with van der Waals surface area (Å²) in [7, 11) is 0. The third-order valence-electron chi connectivity index (χ3n) is 1.86. The second-order valence-corrected chi connectivity index (χ2v) is 5.84. The van der Waals surface area contributed by atoms with Gasteiger partial charge >= 0.3 is 6.18 Å². The summed E-state index contributed by atoms with van der Waals surface area (Å²) in [5.74, 6) is 0.224. The van der Waals surface area contributed by atoms with Crippen molar-refractivity contribution in [3.63, 3.8) is 0 Å². The lowest BCUT2D eigenvalue weighted by Gasteiger charge is -2.19. The molecular formula is C10H12ClF3N2S. The van der Waals surface area contributed by atoms with Crippen molar-refractivity contribution >= 4 is 30.0 Å². The van der Waals surface area contributed by atoms with Crippen molar-refractivity contribution in [2.45, 2.75) is 24.8 Å². The fourth-order valence-electron chi connectivity index (χ4n) is 1.02. The third kappa shape index (κ3) is 4.63. The Labute approximate surface area is 108 Å². The molecule has 0 amide bonds. The molecule has 17 heavy (non-hydrogen) atoms. The number of aromatic nitrogens is 1. The van der Waals surface area contributed by atoms with Crippen LogP contribution in [0.5, 0.6) is 0 Å². The first-order valence-corrected chi connectivity index (χ1v) is 5.61. The number of nitrogens with zero attached hydrogens (tertiary/aromatic N) is 1. The molecule has 0 saturated heterocycles. The molecule has 1 heterocycles. The van der Waals surface area contributed by atoms with E-state index in [1.165, 1.54) is 0 Å². The molecule has 96 valence electrons. The Hall–Kier alpha value is -0.620. The number of thiol groups is 1. The molecule has 0 aliphatic heterocycles. The zero-order chi connectivity index (χ0) is 13.3. The van der Waals surface area contributed by atoms with Crippen LogP contribution in [0.15, 0.2) is 12.3 Å². The molecule has 0 fully saturated rings. The average molecular weight is 285 g/mol. The zero-order valence-corrected chi connectivity index (χ0v) is 10.9. The van der Waals surface area contributed by atoms with E-state index in [0.29, 0.717) is 6.54 Å². The topological polar surface area (TPSA) is 24.9 Å². The van der Waals surface area contributed by atoms with E-state index in [-0.39, 0.29) is 15.6 Å². The van der Waals surface area contributed by atoms with Gasteiger partial charge in [-0.3, -0.25) is 0 Å². The molecule has 1 N–H and O–H groups in total. The minimum Gasteiger partial charge on any atom is -0.367 e. The van der Waals surface area contributed by atoms with Gasteiger partial charge < -0.3 is 5.32 Å². The highest BCUT2D eigenvalue weighted by molar-refractivity contribution is 7.81. The van der Waals surface area contributed by atoms with E-state index < -0.39 is 11.7 Å². The summed E-state index contributed by atoms with van der Waals surface area (Å²) in [5.41, 5.74) is -0.863. The van der Waals surface area contributed by atoms with Gasteiger partial charge in [0.15, 0.2) is 0 Å². The average Bonchev–Trinajstić information content (AvgIpc) is 2.12. The molecule has 0 bridgehead atoms. The van der Waals surface area contributed by atoms with Crippen LogP contribution in [0.3, 0.4) is 0 Å². The summed E-state index contributed by atoms with van der Waals surface area (Å²) in [6.45, 7) is 4.16. The van der Waals surface area contributed by atoms with Crippen LogP contribution in [0, 0.1) is 0 Å². The lowest BCUT2D eigenvalue weighted by molar-refractivity contribution is -0.137. The van der Waals surface area contributed by atoms with Gasteiger partial charge in [-0.05, 0) is 19.9 Å². The van der Waals surface area contributed by atoms with E-state index in [0.717, 1.165) is 12.3 Å². The predicted octanol–water partition coefficient (Wildman–Crippen LogP) is 3.87. The Balaban J connectivity index is 2.84. The highest BCUT2D eigenvalue weighted by Gasteiger charge is 2.31. The highest BCUT2D eigenvalue weighted by Crippen LogP contribution is 2.32. The Bertz CT molecular complexity index is 402. The van der Waals surface area contributed by atoms with Gasteiger partial charge in [-0.15, -0.1) is 0 Å². The molecular weight excluding hydrogens is 273 g/mol. The summed E-state index contributed by atoms with van der Waals surface area (Å²) in [5, 5.41) is 2.79. The number of anilines is 1. The summed E-state index contributed by atoms with van der Waals surface area (Å²) in [4.78, 5) is 3.65. The third-order valence-corrected chi connectivity index (χ3v) is 2.30. The number of alkyl halides is 3. The minimum atomic E-state index is -4.43. The van der Waals surface area contributed by atoms with Crippen LogP contribution in [0.25, 0.3) is 0 Å². The standard InChI is InChI=1S/C10H12ClF3N2S/c1-9(2,17)5-16-8-7(11)3-6(4-15-8)10(12,13)14/h3-4,17H,5H2,1-2H3,(H,15,16). The predicted molar refractivity (Wildman–Crippen MR) is 65.8 cm³/mol. The first-order chi connectivity index (χ1) is 7.59. The largest absolute Gasteiger partial charge is 0.417 e.